The van der Waals surface area contributed by atoms with Crippen LogP contribution >= 0.6 is 22.7 Å². The molecule has 1 aromatic carbocycles. The molecule has 31 heavy (non-hydrogen) atoms. The van der Waals surface area contributed by atoms with Crippen molar-refractivity contribution in [3.63, 3.8) is 0 Å². The van der Waals surface area contributed by atoms with Crippen LogP contribution < -0.4 is 0 Å². The standard InChI is InChI=1S/C25H25N3OS2/c1-17-20(18(2)28(26-17)19-7-4-3-5-8-19)10-11-24(29)27-14-12-22-21(13-16-31-22)25(27)23-9-6-15-30-23/h3-9,13,15-16,25H,10-12,14H2,1-2H3/t25-/m1/s1. The molecule has 4 nitrogen and oxygen atoms in total. The van der Waals surface area contributed by atoms with Crippen LogP contribution in [0, 0.1) is 13.8 Å². The highest BCUT2D eigenvalue weighted by atomic mass is 32.1. The number of aryl methyl sites for hydroxylation is 1. The predicted molar refractivity (Wildman–Crippen MR) is 127 cm³/mol. The SMILES string of the molecule is Cc1nn(-c2ccccc2)c(C)c1CCC(=O)N1CCc2sccc2[C@@H]1c1cccs1. The van der Waals surface area contributed by atoms with Gasteiger partial charge in [0.2, 0.25) is 5.91 Å². The van der Waals surface area contributed by atoms with Crippen molar-refractivity contribution in [2.24, 2.45) is 0 Å². The fourth-order valence-electron chi connectivity index (χ4n) is 4.57. The summed E-state index contributed by atoms with van der Waals surface area (Å²) in [4.78, 5) is 18.2. The summed E-state index contributed by atoms with van der Waals surface area (Å²) in [6.45, 7) is 4.93. The van der Waals surface area contributed by atoms with E-state index in [9.17, 15) is 4.79 Å². The molecule has 6 heteroatoms. The fourth-order valence-corrected chi connectivity index (χ4v) is 6.33. The van der Waals surface area contributed by atoms with E-state index in [1.165, 1.54) is 20.9 Å². The van der Waals surface area contributed by atoms with E-state index in [1.807, 2.05) is 41.1 Å². The van der Waals surface area contributed by atoms with Crippen LogP contribution in [0.25, 0.3) is 5.69 Å². The van der Waals surface area contributed by atoms with Crippen molar-refractivity contribution in [1.82, 2.24) is 14.7 Å². The average molecular weight is 448 g/mol. The third kappa shape index (κ3) is 3.75. The Balaban J connectivity index is 1.37. The number of carbonyl (C=O) groups is 1. The van der Waals surface area contributed by atoms with Crippen molar-refractivity contribution in [1.29, 1.82) is 0 Å². The zero-order valence-corrected chi connectivity index (χ0v) is 19.4. The quantitative estimate of drug-likeness (QED) is 0.392. The van der Waals surface area contributed by atoms with E-state index in [0.717, 1.165) is 30.0 Å². The Labute approximate surface area is 190 Å². The van der Waals surface area contributed by atoms with E-state index >= 15 is 0 Å². The minimum absolute atomic E-state index is 0.0525. The number of benzene rings is 1. The summed E-state index contributed by atoms with van der Waals surface area (Å²) in [5.41, 5.74) is 5.65. The zero-order valence-electron chi connectivity index (χ0n) is 17.7. The molecular formula is C25H25N3OS2. The second-order valence-electron chi connectivity index (χ2n) is 7.95. The van der Waals surface area contributed by atoms with E-state index < -0.39 is 0 Å². The first-order valence-corrected chi connectivity index (χ1v) is 12.4. The van der Waals surface area contributed by atoms with Crippen LogP contribution in [0.4, 0.5) is 0 Å². The van der Waals surface area contributed by atoms with E-state index in [1.54, 1.807) is 11.3 Å². The van der Waals surface area contributed by atoms with Crippen LogP contribution in [0.15, 0.2) is 59.3 Å². The van der Waals surface area contributed by atoms with E-state index in [2.05, 4.69) is 52.9 Å². The summed E-state index contributed by atoms with van der Waals surface area (Å²) in [5.74, 6) is 0.224. The lowest BCUT2D eigenvalue weighted by Gasteiger charge is -2.35. The summed E-state index contributed by atoms with van der Waals surface area (Å²) in [7, 11) is 0. The zero-order chi connectivity index (χ0) is 21.4. The second-order valence-corrected chi connectivity index (χ2v) is 9.93. The lowest BCUT2D eigenvalue weighted by Crippen LogP contribution is -2.39. The Bertz CT molecular complexity index is 1190. The number of amides is 1. The number of hydrogen-bond donors (Lipinski definition) is 0. The average Bonchev–Trinajstić information content (AvgIpc) is 3.53. The molecular weight excluding hydrogens is 422 g/mol. The maximum Gasteiger partial charge on any atom is 0.223 e. The topological polar surface area (TPSA) is 38.1 Å². The lowest BCUT2D eigenvalue weighted by molar-refractivity contribution is -0.133. The molecule has 4 aromatic rings. The Hall–Kier alpha value is -2.70. The Morgan fingerprint density at radius 3 is 2.68 bits per heavy atom. The van der Waals surface area contributed by atoms with Crippen molar-refractivity contribution < 1.29 is 4.79 Å². The Morgan fingerprint density at radius 2 is 1.90 bits per heavy atom. The normalized spacial score (nSPS) is 15.8. The van der Waals surface area contributed by atoms with E-state index in [4.69, 9.17) is 5.10 Å². The molecule has 0 radical (unpaired) electrons. The minimum atomic E-state index is 0.0525. The molecule has 3 aromatic heterocycles. The van der Waals surface area contributed by atoms with Gasteiger partial charge >= 0.3 is 0 Å². The second kappa shape index (κ2) is 8.44. The number of thiophene rings is 2. The summed E-state index contributed by atoms with van der Waals surface area (Å²) < 4.78 is 1.99. The van der Waals surface area contributed by atoms with Gasteiger partial charge in [-0.3, -0.25) is 4.79 Å². The number of carbonyl (C=O) groups excluding carboxylic acids is 1. The van der Waals surface area contributed by atoms with Crippen LogP contribution in [0.1, 0.15) is 44.7 Å². The van der Waals surface area contributed by atoms with Gasteiger partial charge in [0.25, 0.3) is 0 Å². The molecule has 4 heterocycles. The van der Waals surface area contributed by atoms with Gasteiger partial charge in [0.15, 0.2) is 0 Å². The van der Waals surface area contributed by atoms with E-state index in [0.29, 0.717) is 12.8 Å². The van der Waals surface area contributed by atoms with Gasteiger partial charge in [-0.25, -0.2) is 4.68 Å². The molecule has 1 atom stereocenters. The highest BCUT2D eigenvalue weighted by molar-refractivity contribution is 7.10. The summed E-state index contributed by atoms with van der Waals surface area (Å²) in [6, 6.07) is 16.7. The van der Waals surface area contributed by atoms with Crippen molar-refractivity contribution in [2.75, 3.05) is 6.54 Å². The summed E-state index contributed by atoms with van der Waals surface area (Å²) >= 11 is 3.55. The molecule has 0 bridgehead atoms. The van der Waals surface area contributed by atoms with Crippen molar-refractivity contribution in [3.8, 4) is 5.69 Å². The van der Waals surface area contributed by atoms with Gasteiger partial charge in [-0.2, -0.15) is 5.10 Å². The van der Waals surface area contributed by atoms with Crippen molar-refractivity contribution in [2.45, 2.75) is 39.2 Å². The highest BCUT2D eigenvalue weighted by Crippen LogP contribution is 2.39. The van der Waals surface area contributed by atoms with Crippen LogP contribution in [0.2, 0.25) is 0 Å². The summed E-state index contributed by atoms with van der Waals surface area (Å²) in [5, 5.41) is 9.00. The largest absolute Gasteiger partial charge is 0.330 e. The first-order chi connectivity index (χ1) is 15.1. The number of nitrogens with zero attached hydrogens (tertiary/aromatic N) is 3. The maximum atomic E-state index is 13.4. The molecule has 158 valence electrons. The first-order valence-electron chi connectivity index (χ1n) is 10.6. The monoisotopic (exact) mass is 447 g/mol. The molecule has 0 saturated heterocycles. The lowest BCUT2D eigenvalue weighted by atomic mass is 9.97. The van der Waals surface area contributed by atoms with Gasteiger partial charge in [0.1, 0.15) is 0 Å². The fraction of sp³-hybridized carbons (Fsp3) is 0.280. The van der Waals surface area contributed by atoms with Gasteiger partial charge in [0, 0.05) is 28.4 Å². The van der Waals surface area contributed by atoms with Gasteiger partial charge in [-0.15, -0.1) is 22.7 Å². The molecule has 1 aliphatic rings. The van der Waals surface area contributed by atoms with Crippen molar-refractivity contribution in [3.05, 3.63) is 91.6 Å². The van der Waals surface area contributed by atoms with Crippen LogP contribution in [0.3, 0.4) is 0 Å². The van der Waals surface area contributed by atoms with Gasteiger partial charge in [0.05, 0.1) is 17.4 Å². The molecule has 0 saturated carbocycles. The Morgan fingerprint density at radius 1 is 1.06 bits per heavy atom. The van der Waals surface area contributed by atoms with Gasteiger partial charge < -0.3 is 4.90 Å². The number of aromatic nitrogens is 2. The molecule has 1 amide bonds. The number of fused-ring (bicyclic) bond motifs is 1. The van der Waals surface area contributed by atoms with Crippen LogP contribution in [-0.4, -0.2) is 27.1 Å². The maximum absolute atomic E-state index is 13.4. The molecule has 0 N–H and O–H groups in total. The van der Waals surface area contributed by atoms with E-state index in [-0.39, 0.29) is 11.9 Å². The number of hydrogen-bond acceptors (Lipinski definition) is 4. The summed E-state index contributed by atoms with van der Waals surface area (Å²) in [6.07, 6.45) is 2.17. The van der Waals surface area contributed by atoms with Crippen molar-refractivity contribution >= 4 is 28.6 Å². The molecule has 0 aliphatic carbocycles. The molecule has 0 spiro atoms. The Kier molecular flexibility index (Phi) is 5.50. The van der Waals surface area contributed by atoms with Crippen LogP contribution in [-0.2, 0) is 17.6 Å². The number of para-hydroxylation sites is 1. The first kappa shape index (κ1) is 20.2. The van der Waals surface area contributed by atoms with Crippen LogP contribution in [0.5, 0.6) is 0 Å². The van der Waals surface area contributed by atoms with Gasteiger partial charge in [-0.1, -0.05) is 24.3 Å². The predicted octanol–water partition coefficient (Wildman–Crippen LogP) is 5.72. The molecule has 1 aliphatic heterocycles. The van der Waals surface area contributed by atoms with Gasteiger partial charge in [-0.05, 0) is 72.8 Å². The molecule has 5 rings (SSSR count). The third-order valence-electron chi connectivity index (χ3n) is 6.13. The number of rotatable bonds is 5. The molecule has 0 unspecified atom stereocenters. The smallest absolute Gasteiger partial charge is 0.223 e. The third-order valence-corrected chi connectivity index (χ3v) is 8.05. The molecule has 0 fully saturated rings. The minimum Gasteiger partial charge on any atom is -0.330 e. The highest BCUT2D eigenvalue weighted by Gasteiger charge is 2.33.